The van der Waals surface area contributed by atoms with Gasteiger partial charge in [0.2, 0.25) is 0 Å². The monoisotopic (exact) mass is 317 g/mol. The minimum absolute atomic E-state index is 0.321. The number of thioether (sulfide) groups is 1. The van der Waals surface area contributed by atoms with Crippen molar-refractivity contribution in [1.82, 2.24) is 10.2 Å². The molecule has 0 aromatic heterocycles. The molecule has 1 N–H and O–H groups in total. The Morgan fingerprint density at radius 1 is 1.36 bits per heavy atom. The lowest BCUT2D eigenvalue weighted by atomic mass is 10.1. The van der Waals surface area contributed by atoms with E-state index in [1.54, 1.807) is 0 Å². The number of aliphatic imine (C=N–C) groups is 1. The second-order valence-electron chi connectivity index (χ2n) is 6.97. The average molecular weight is 318 g/mol. The van der Waals surface area contributed by atoms with Crippen LogP contribution in [0.2, 0.25) is 0 Å². The molecule has 2 unspecified atom stereocenters. The van der Waals surface area contributed by atoms with Crippen LogP contribution in [0.3, 0.4) is 0 Å². The average Bonchev–Trinajstić information content (AvgIpc) is 3.27. The first-order chi connectivity index (χ1) is 10.6. The standard InChI is InChI=1S/C18H27N3S/c1-18(2)13-21(9-10-22-18)17(19-3)20-12-15-11-16(15)14-7-5-4-6-8-14/h4-8,15-16H,9-13H2,1-3H3,(H,19,20). The summed E-state index contributed by atoms with van der Waals surface area (Å²) >= 11 is 2.06. The zero-order chi connectivity index (χ0) is 15.6. The second kappa shape index (κ2) is 6.53. The number of hydrogen-bond acceptors (Lipinski definition) is 2. The van der Waals surface area contributed by atoms with Crippen LogP contribution in [0.15, 0.2) is 35.3 Å². The summed E-state index contributed by atoms with van der Waals surface area (Å²) in [4.78, 5) is 6.91. The minimum atomic E-state index is 0.321. The van der Waals surface area contributed by atoms with E-state index in [2.05, 4.69) is 71.2 Å². The Morgan fingerprint density at radius 2 is 2.14 bits per heavy atom. The number of guanidine groups is 1. The molecule has 1 aliphatic heterocycles. The molecule has 4 heteroatoms. The van der Waals surface area contributed by atoms with Gasteiger partial charge in [-0.25, -0.2) is 0 Å². The van der Waals surface area contributed by atoms with Crippen LogP contribution in [0.4, 0.5) is 0 Å². The quantitative estimate of drug-likeness (QED) is 0.685. The molecule has 0 bridgehead atoms. The maximum atomic E-state index is 4.50. The normalized spacial score (nSPS) is 27.6. The zero-order valence-electron chi connectivity index (χ0n) is 13.9. The molecular weight excluding hydrogens is 290 g/mol. The van der Waals surface area contributed by atoms with Crippen molar-refractivity contribution < 1.29 is 0 Å². The van der Waals surface area contributed by atoms with Crippen molar-refractivity contribution in [3.05, 3.63) is 35.9 Å². The number of nitrogens with zero attached hydrogens (tertiary/aromatic N) is 2. The second-order valence-corrected chi connectivity index (χ2v) is 8.77. The van der Waals surface area contributed by atoms with Gasteiger partial charge in [-0.2, -0.15) is 11.8 Å². The van der Waals surface area contributed by atoms with Gasteiger partial charge in [0, 0.05) is 37.2 Å². The Balaban J connectivity index is 1.51. The predicted molar refractivity (Wildman–Crippen MR) is 96.8 cm³/mol. The summed E-state index contributed by atoms with van der Waals surface area (Å²) in [5.74, 6) is 3.75. The highest BCUT2D eigenvalue weighted by Crippen LogP contribution is 2.46. The van der Waals surface area contributed by atoms with Crippen molar-refractivity contribution >= 4 is 17.7 Å². The van der Waals surface area contributed by atoms with Gasteiger partial charge in [0.15, 0.2) is 5.96 Å². The van der Waals surface area contributed by atoms with Gasteiger partial charge < -0.3 is 10.2 Å². The van der Waals surface area contributed by atoms with Crippen LogP contribution in [0.1, 0.15) is 31.7 Å². The van der Waals surface area contributed by atoms with E-state index in [1.165, 1.54) is 17.7 Å². The van der Waals surface area contributed by atoms with Crippen molar-refractivity contribution in [2.75, 3.05) is 32.4 Å². The van der Waals surface area contributed by atoms with E-state index in [4.69, 9.17) is 0 Å². The molecule has 3 nitrogen and oxygen atoms in total. The molecule has 0 spiro atoms. The smallest absolute Gasteiger partial charge is 0.193 e. The lowest BCUT2D eigenvalue weighted by molar-refractivity contribution is 0.375. The highest BCUT2D eigenvalue weighted by Gasteiger charge is 2.38. The van der Waals surface area contributed by atoms with E-state index in [9.17, 15) is 0 Å². The van der Waals surface area contributed by atoms with Crippen molar-refractivity contribution in [2.24, 2.45) is 10.9 Å². The lowest BCUT2D eigenvalue weighted by Crippen LogP contribution is -2.51. The molecule has 2 fully saturated rings. The van der Waals surface area contributed by atoms with Gasteiger partial charge in [0.1, 0.15) is 0 Å². The molecule has 3 rings (SSSR count). The predicted octanol–water partition coefficient (Wildman–Crippen LogP) is 3.19. The topological polar surface area (TPSA) is 27.6 Å². The molecule has 1 saturated carbocycles. The first-order valence-electron chi connectivity index (χ1n) is 8.23. The Labute approximate surface area is 138 Å². The van der Waals surface area contributed by atoms with E-state index < -0.39 is 0 Å². The molecule has 1 saturated heterocycles. The van der Waals surface area contributed by atoms with Gasteiger partial charge >= 0.3 is 0 Å². The van der Waals surface area contributed by atoms with Crippen LogP contribution < -0.4 is 5.32 Å². The SMILES string of the molecule is CN=C(NCC1CC1c1ccccc1)N1CCSC(C)(C)C1. The molecule has 120 valence electrons. The van der Waals surface area contributed by atoms with Crippen LogP contribution in [0.5, 0.6) is 0 Å². The minimum Gasteiger partial charge on any atom is -0.356 e. The van der Waals surface area contributed by atoms with E-state index in [1.807, 2.05) is 7.05 Å². The van der Waals surface area contributed by atoms with Gasteiger partial charge in [-0.3, -0.25) is 4.99 Å². The first kappa shape index (κ1) is 15.7. The highest BCUT2D eigenvalue weighted by molar-refractivity contribution is 8.00. The van der Waals surface area contributed by atoms with Crippen LogP contribution in [0, 0.1) is 5.92 Å². The van der Waals surface area contributed by atoms with Crippen molar-refractivity contribution in [1.29, 1.82) is 0 Å². The lowest BCUT2D eigenvalue weighted by Gasteiger charge is -2.39. The molecule has 1 aliphatic carbocycles. The summed E-state index contributed by atoms with van der Waals surface area (Å²) in [7, 11) is 1.90. The zero-order valence-corrected chi connectivity index (χ0v) is 14.7. The third-order valence-electron chi connectivity index (χ3n) is 4.61. The molecule has 2 aliphatic rings. The molecule has 1 heterocycles. The maximum Gasteiger partial charge on any atom is 0.193 e. The van der Waals surface area contributed by atoms with Crippen molar-refractivity contribution in [2.45, 2.75) is 30.9 Å². The third kappa shape index (κ3) is 3.78. The molecule has 0 radical (unpaired) electrons. The molecule has 22 heavy (non-hydrogen) atoms. The Bertz CT molecular complexity index is 526. The molecular formula is C18H27N3S. The molecule has 0 amide bonds. The van der Waals surface area contributed by atoms with Crippen molar-refractivity contribution in [3.8, 4) is 0 Å². The number of rotatable bonds is 3. The van der Waals surface area contributed by atoms with Crippen LogP contribution in [-0.4, -0.2) is 48.0 Å². The van der Waals surface area contributed by atoms with Crippen molar-refractivity contribution in [3.63, 3.8) is 0 Å². The fraction of sp³-hybridized carbons (Fsp3) is 0.611. The Hall–Kier alpha value is -1.16. The fourth-order valence-electron chi connectivity index (χ4n) is 3.33. The summed E-state index contributed by atoms with van der Waals surface area (Å²) in [6.45, 7) is 7.85. The van der Waals surface area contributed by atoms with E-state index >= 15 is 0 Å². The van der Waals surface area contributed by atoms with Crippen LogP contribution in [-0.2, 0) is 0 Å². The van der Waals surface area contributed by atoms with Gasteiger partial charge in [-0.1, -0.05) is 30.3 Å². The van der Waals surface area contributed by atoms with E-state index in [0.717, 1.165) is 37.4 Å². The number of nitrogens with one attached hydrogen (secondary N) is 1. The molecule has 1 aromatic carbocycles. The van der Waals surface area contributed by atoms with Gasteiger partial charge in [-0.05, 0) is 37.7 Å². The summed E-state index contributed by atoms with van der Waals surface area (Å²) < 4.78 is 0.321. The summed E-state index contributed by atoms with van der Waals surface area (Å²) in [6, 6.07) is 10.9. The fourth-order valence-corrected chi connectivity index (χ4v) is 4.44. The van der Waals surface area contributed by atoms with Crippen LogP contribution >= 0.6 is 11.8 Å². The Kier molecular flexibility index (Phi) is 4.67. The highest BCUT2D eigenvalue weighted by atomic mass is 32.2. The number of benzene rings is 1. The van der Waals surface area contributed by atoms with Gasteiger partial charge in [-0.15, -0.1) is 0 Å². The maximum absolute atomic E-state index is 4.50. The largest absolute Gasteiger partial charge is 0.356 e. The Morgan fingerprint density at radius 3 is 2.82 bits per heavy atom. The third-order valence-corrected chi connectivity index (χ3v) is 5.91. The van der Waals surface area contributed by atoms with Gasteiger partial charge in [0.05, 0.1) is 0 Å². The van der Waals surface area contributed by atoms with Gasteiger partial charge in [0.25, 0.3) is 0 Å². The number of hydrogen-bond donors (Lipinski definition) is 1. The summed E-state index contributed by atoms with van der Waals surface area (Å²) in [5.41, 5.74) is 1.49. The summed E-state index contributed by atoms with van der Waals surface area (Å²) in [5, 5.41) is 3.61. The first-order valence-corrected chi connectivity index (χ1v) is 9.22. The van der Waals surface area contributed by atoms with Crippen LogP contribution in [0.25, 0.3) is 0 Å². The molecule has 1 aromatic rings. The summed E-state index contributed by atoms with van der Waals surface area (Å²) in [6.07, 6.45) is 1.30. The molecule has 2 atom stereocenters. The van der Waals surface area contributed by atoms with E-state index in [0.29, 0.717) is 4.75 Å². The van der Waals surface area contributed by atoms with E-state index in [-0.39, 0.29) is 0 Å².